The van der Waals surface area contributed by atoms with Crippen LogP contribution in [0, 0.1) is 0 Å². The van der Waals surface area contributed by atoms with Gasteiger partial charge in [-0.2, -0.15) is 0 Å². The van der Waals surface area contributed by atoms with Crippen molar-refractivity contribution in [3.63, 3.8) is 0 Å². The third-order valence-corrected chi connectivity index (χ3v) is 7.36. The van der Waals surface area contributed by atoms with Crippen LogP contribution < -0.4 is 14.4 Å². The first-order valence-electron chi connectivity index (χ1n) is 10.6. The number of benzene rings is 2. The second-order valence-electron chi connectivity index (χ2n) is 8.22. The van der Waals surface area contributed by atoms with Crippen molar-refractivity contribution < 1.29 is 17.9 Å². The van der Waals surface area contributed by atoms with E-state index < -0.39 is 16.1 Å². The first kappa shape index (κ1) is 22.0. The van der Waals surface area contributed by atoms with Crippen LogP contribution >= 0.6 is 11.6 Å². The Balaban J connectivity index is 1.55. The van der Waals surface area contributed by atoms with Gasteiger partial charge in [0.1, 0.15) is 5.75 Å². The highest BCUT2D eigenvalue weighted by Crippen LogP contribution is 2.37. The molecule has 6 nitrogen and oxygen atoms in total. The summed E-state index contributed by atoms with van der Waals surface area (Å²) in [5.41, 5.74) is 4.17. The number of ether oxygens (including phenoxy) is 1. The molecule has 0 unspecified atom stereocenters. The van der Waals surface area contributed by atoms with Gasteiger partial charge in [-0.1, -0.05) is 36.7 Å². The van der Waals surface area contributed by atoms with Gasteiger partial charge >= 0.3 is 0 Å². The lowest BCUT2D eigenvalue weighted by Crippen LogP contribution is -2.51. The Labute approximate surface area is 188 Å². The number of carbonyl (C=O) groups excluding carboxylic acids is 1. The van der Waals surface area contributed by atoms with Crippen molar-refractivity contribution >= 4 is 33.2 Å². The van der Waals surface area contributed by atoms with Gasteiger partial charge in [-0.15, -0.1) is 0 Å². The average molecular weight is 463 g/mol. The number of sulfonamides is 1. The van der Waals surface area contributed by atoms with Gasteiger partial charge < -0.3 is 10.1 Å². The number of anilines is 1. The fourth-order valence-electron chi connectivity index (χ4n) is 4.33. The Morgan fingerprint density at radius 2 is 1.94 bits per heavy atom. The highest BCUT2D eigenvalue weighted by Gasteiger charge is 2.36. The molecule has 4 rings (SSSR count). The number of nitrogens with zero attached hydrogens (tertiary/aromatic N) is 1. The third-order valence-electron chi connectivity index (χ3n) is 5.98. The summed E-state index contributed by atoms with van der Waals surface area (Å²) in [4.78, 5) is 13.1. The normalized spacial score (nSPS) is 19.1. The number of carbonyl (C=O) groups is 1. The molecule has 2 atom stereocenters. The van der Waals surface area contributed by atoms with Crippen LogP contribution in [0.3, 0.4) is 0 Å². The molecule has 0 fully saturated rings. The van der Waals surface area contributed by atoms with Gasteiger partial charge in [-0.25, -0.2) is 8.42 Å². The van der Waals surface area contributed by atoms with Crippen molar-refractivity contribution in [1.29, 1.82) is 0 Å². The highest BCUT2D eigenvalue weighted by atomic mass is 35.5. The van der Waals surface area contributed by atoms with E-state index in [0.29, 0.717) is 16.5 Å². The van der Waals surface area contributed by atoms with Crippen LogP contribution in [0.25, 0.3) is 0 Å². The smallest absolute Gasteiger partial charge is 0.263 e. The second-order valence-corrected chi connectivity index (χ2v) is 10.6. The van der Waals surface area contributed by atoms with Crippen molar-refractivity contribution in [3.05, 3.63) is 58.1 Å². The fourth-order valence-corrected chi connectivity index (χ4v) is 5.40. The summed E-state index contributed by atoms with van der Waals surface area (Å²) in [7, 11) is -3.60. The predicted molar refractivity (Wildman–Crippen MR) is 122 cm³/mol. The number of halogens is 1. The molecule has 0 radical (unpaired) electrons. The lowest BCUT2D eigenvalue weighted by Gasteiger charge is -2.34. The monoisotopic (exact) mass is 462 g/mol. The number of fused-ring (bicyclic) bond motifs is 2. The summed E-state index contributed by atoms with van der Waals surface area (Å²) >= 11 is 6.04. The Bertz CT molecular complexity index is 1100. The average Bonchev–Trinajstić information content (AvgIpc) is 2.75. The molecule has 0 saturated heterocycles. The summed E-state index contributed by atoms with van der Waals surface area (Å²) in [5, 5.41) is 3.46. The van der Waals surface area contributed by atoms with E-state index >= 15 is 0 Å². The summed E-state index contributed by atoms with van der Waals surface area (Å²) < 4.78 is 31.8. The molecular formula is C23H27ClN2O4S. The fraction of sp³-hybridized carbons (Fsp3) is 0.435. The number of rotatable bonds is 5. The van der Waals surface area contributed by atoms with Gasteiger partial charge in [0.25, 0.3) is 5.91 Å². The molecule has 1 aliphatic heterocycles. The molecule has 0 spiro atoms. The van der Waals surface area contributed by atoms with E-state index in [1.54, 1.807) is 12.1 Å². The Morgan fingerprint density at radius 1 is 1.19 bits per heavy atom. The van der Waals surface area contributed by atoms with E-state index in [-0.39, 0.29) is 18.5 Å². The molecule has 1 amide bonds. The quantitative estimate of drug-likeness (QED) is 0.728. The molecule has 31 heavy (non-hydrogen) atoms. The summed E-state index contributed by atoms with van der Waals surface area (Å²) in [6, 6.07) is 11.0. The van der Waals surface area contributed by atoms with Crippen LogP contribution in [-0.2, 0) is 27.7 Å². The number of nitrogens with one attached hydrogen (secondary N) is 1. The van der Waals surface area contributed by atoms with Crippen molar-refractivity contribution in [2.45, 2.75) is 51.2 Å². The summed E-state index contributed by atoms with van der Waals surface area (Å²) in [6.07, 6.45) is 5.49. The molecule has 1 aliphatic carbocycles. The van der Waals surface area contributed by atoms with Crippen LogP contribution in [0.2, 0.25) is 5.02 Å². The first-order chi connectivity index (χ1) is 14.8. The van der Waals surface area contributed by atoms with Crippen LogP contribution in [0.15, 0.2) is 36.4 Å². The lowest BCUT2D eigenvalue weighted by molar-refractivity contribution is -0.128. The maximum Gasteiger partial charge on any atom is 0.263 e. The van der Waals surface area contributed by atoms with E-state index in [0.717, 1.165) is 31.1 Å². The zero-order chi connectivity index (χ0) is 22.2. The van der Waals surface area contributed by atoms with Crippen LogP contribution in [0.1, 0.15) is 48.9 Å². The minimum atomic E-state index is -3.60. The van der Waals surface area contributed by atoms with Crippen molar-refractivity contribution in [1.82, 2.24) is 5.32 Å². The molecule has 1 heterocycles. The second kappa shape index (κ2) is 8.71. The van der Waals surface area contributed by atoms with Gasteiger partial charge in [-0.3, -0.25) is 9.10 Å². The molecular weight excluding hydrogens is 436 g/mol. The van der Waals surface area contributed by atoms with E-state index in [4.69, 9.17) is 16.3 Å². The minimum Gasteiger partial charge on any atom is -0.476 e. The van der Waals surface area contributed by atoms with Gasteiger partial charge in [0.05, 0.1) is 24.5 Å². The third kappa shape index (κ3) is 4.67. The van der Waals surface area contributed by atoms with Crippen molar-refractivity contribution in [2.24, 2.45) is 0 Å². The van der Waals surface area contributed by atoms with Crippen LogP contribution in [-0.4, -0.2) is 33.2 Å². The van der Waals surface area contributed by atoms with Crippen molar-refractivity contribution in [2.75, 3.05) is 17.1 Å². The van der Waals surface area contributed by atoms with Gasteiger partial charge in [-0.05, 0) is 67.0 Å². The number of hydrogen-bond donors (Lipinski definition) is 1. The van der Waals surface area contributed by atoms with E-state index in [1.807, 2.05) is 6.92 Å². The van der Waals surface area contributed by atoms with E-state index in [2.05, 4.69) is 23.5 Å². The Kier molecular flexibility index (Phi) is 6.17. The number of aryl methyl sites for hydroxylation is 2. The molecule has 2 aromatic carbocycles. The van der Waals surface area contributed by atoms with Crippen LogP contribution in [0.4, 0.5) is 5.69 Å². The standard InChI is InChI=1S/C23H27ClN2O4S/c1-3-19(17-9-8-15-6-4-5-7-16(15)12-17)25-23(27)22-14-26(31(2,28)29)20-13-18(24)10-11-21(20)30-22/h8-13,19,22H,3-7,14H2,1-2H3,(H,25,27)/t19-,22+/m1/s1. The van der Waals surface area contributed by atoms with E-state index in [1.165, 1.54) is 34.3 Å². The molecule has 166 valence electrons. The summed E-state index contributed by atoms with van der Waals surface area (Å²) in [5.74, 6) is -0.0122. The van der Waals surface area contributed by atoms with Crippen molar-refractivity contribution in [3.8, 4) is 5.75 Å². The molecule has 8 heteroatoms. The number of amides is 1. The molecule has 0 aromatic heterocycles. The maximum atomic E-state index is 13.1. The molecule has 0 saturated carbocycles. The maximum absolute atomic E-state index is 13.1. The predicted octanol–water partition coefficient (Wildman–Crippen LogP) is 4.01. The summed E-state index contributed by atoms with van der Waals surface area (Å²) in [6.45, 7) is 1.92. The van der Waals surface area contributed by atoms with E-state index in [9.17, 15) is 13.2 Å². The molecule has 2 aromatic rings. The largest absolute Gasteiger partial charge is 0.476 e. The zero-order valence-electron chi connectivity index (χ0n) is 17.7. The van der Waals surface area contributed by atoms with Gasteiger partial charge in [0.2, 0.25) is 10.0 Å². The molecule has 0 bridgehead atoms. The topological polar surface area (TPSA) is 75.7 Å². The molecule has 2 aliphatic rings. The van der Waals surface area contributed by atoms with Gasteiger partial charge in [0, 0.05) is 5.02 Å². The van der Waals surface area contributed by atoms with Gasteiger partial charge in [0.15, 0.2) is 6.10 Å². The lowest BCUT2D eigenvalue weighted by atomic mass is 9.88. The number of hydrogen-bond acceptors (Lipinski definition) is 4. The SMILES string of the molecule is CC[C@@H](NC(=O)[C@@H]1CN(S(C)(=O)=O)c2cc(Cl)ccc2O1)c1ccc2c(c1)CCCC2. The van der Waals surface area contributed by atoms with Crippen LogP contribution in [0.5, 0.6) is 5.75 Å². The Hall–Kier alpha value is -2.25. The first-order valence-corrected chi connectivity index (χ1v) is 12.8. The zero-order valence-corrected chi connectivity index (χ0v) is 19.3. The Morgan fingerprint density at radius 3 is 2.65 bits per heavy atom. The highest BCUT2D eigenvalue weighted by molar-refractivity contribution is 7.92. The molecule has 1 N–H and O–H groups in total. The minimum absolute atomic E-state index is 0.0986.